The van der Waals surface area contributed by atoms with Crippen molar-refractivity contribution in [3.8, 4) is 0 Å². The minimum Gasteiger partial charge on any atom is -0.479 e. The van der Waals surface area contributed by atoms with Crippen molar-refractivity contribution < 1.29 is 19.1 Å². The van der Waals surface area contributed by atoms with Crippen LogP contribution in [-0.2, 0) is 9.59 Å². The van der Waals surface area contributed by atoms with E-state index in [-0.39, 0.29) is 28.8 Å². The van der Waals surface area contributed by atoms with Crippen molar-refractivity contribution in [2.75, 3.05) is 0 Å². The summed E-state index contributed by atoms with van der Waals surface area (Å²) in [6, 6.07) is 2.40. The molecular weight excluding hydrogens is 297 g/mol. The largest absolute Gasteiger partial charge is 0.479 e. The molecule has 1 aromatic carbocycles. The summed E-state index contributed by atoms with van der Waals surface area (Å²) >= 11 is 5.57. The van der Waals surface area contributed by atoms with Gasteiger partial charge < -0.3 is 10.4 Å². The zero-order valence-corrected chi connectivity index (χ0v) is 11.9. The standard InChI is InChI=1S/C15H15ClFNO3/c16-11-6-5-10(8-12(11)17)14(15(20)21)18-13(19)7-9-3-1-2-4-9/h1,3,5-6,8-9,14H,2,4,7H2,(H,18,19)(H,20,21). The van der Waals surface area contributed by atoms with Gasteiger partial charge in [0.05, 0.1) is 5.02 Å². The van der Waals surface area contributed by atoms with Crippen LogP contribution in [0, 0.1) is 11.7 Å². The highest BCUT2D eigenvalue weighted by atomic mass is 35.5. The lowest BCUT2D eigenvalue weighted by Gasteiger charge is -2.16. The first-order chi connectivity index (χ1) is 9.97. The van der Waals surface area contributed by atoms with Gasteiger partial charge in [0.15, 0.2) is 6.04 Å². The molecule has 1 amide bonds. The molecule has 0 bridgehead atoms. The lowest BCUT2D eigenvalue weighted by Crippen LogP contribution is -2.34. The van der Waals surface area contributed by atoms with E-state index >= 15 is 0 Å². The zero-order chi connectivity index (χ0) is 15.4. The monoisotopic (exact) mass is 311 g/mol. The number of aliphatic carboxylic acids is 1. The van der Waals surface area contributed by atoms with Crippen molar-refractivity contribution in [2.24, 2.45) is 5.92 Å². The molecule has 0 saturated carbocycles. The molecular formula is C15H15ClFNO3. The van der Waals surface area contributed by atoms with Crippen LogP contribution in [0.3, 0.4) is 0 Å². The molecule has 0 heterocycles. The average Bonchev–Trinajstić information content (AvgIpc) is 2.92. The highest BCUT2D eigenvalue weighted by Crippen LogP contribution is 2.23. The second-order valence-electron chi connectivity index (χ2n) is 4.98. The first-order valence-electron chi connectivity index (χ1n) is 6.61. The molecule has 0 aliphatic heterocycles. The summed E-state index contributed by atoms with van der Waals surface area (Å²) in [6.45, 7) is 0. The van der Waals surface area contributed by atoms with Crippen LogP contribution in [-0.4, -0.2) is 17.0 Å². The number of allylic oxidation sites excluding steroid dienone is 2. The molecule has 0 fully saturated rings. The van der Waals surface area contributed by atoms with Crippen LogP contribution in [0.15, 0.2) is 30.4 Å². The number of carboxylic acids is 1. The van der Waals surface area contributed by atoms with E-state index in [0.717, 1.165) is 18.9 Å². The van der Waals surface area contributed by atoms with Gasteiger partial charge >= 0.3 is 5.97 Å². The minimum absolute atomic E-state index is 0.0923. The number of rotatable bonds is 5. The summed E-state index contributed by atoms with van der Waals surface area (Å²) in [7, 11) is 0. The maximum Gasteiger partial charge on any atom is 0.330 e. The van der Waals surface area contributed by atoms with E-state index < -0.39 is 17.8 Å². The van der Waals surface area contributed by atoms with Gasteiger partial charge in [-0.1, -0.05) is 29.8 Å². The van der Waals surface area contributed by atoms with Gasteiger partial charge in [-0.3, -0.25) is 4.79 Å². The van der Waals surface area contributed by atoms with Gasteiger partial charge in [-0.05, 0) is 36.5 Å². The predicted molar refractivity (Wildman–Crippen MR) is 76.4 cm³/mol. The molecule has 21 heavy (non-hydrogen) atoms. The van der Waals surface area contributed by atoms with Crippen molar-refractivity contribution >= 4 is 23.5 Å². The van der Waals surface area contributed by atoms with Gasteiger partial charge in [0.25, 0.3) is 0 Å². The molecule has 2 atom stereocenters. The van der Waals surface area contributed by atoms with Gasteiger partial charge in [0.1, 0.15) is 5.82 Å². The molecule has 0 spiro atoms. The first-order valence-corrected chi connectivity index (χ1v) is 6.99. The van der Waals surface area contributed by atoms with Crippen LogP contribution >= 0.6 is 11.6 Å². The summed E-state index contributed by atoms with van der Waals surface area (Å²) in [5.74, 6) is -2.18. The molecule has 112 valence electrons. The maximum absolute atomic E-state index is 13.4. The molecule has 0 saturated heterocycles. The van der Waals surface area contributed by atoms with E-state index in [1.165, 1.54) is 12.1 Å². The average molecular weight is 312 g/mol. The fourth-order valence-corrected chi connectivity index (χ4v) is 2.42. The Morgan fingerprint density at radius 1 is 1.48 bits per heavy atom. The van der Waals surface area contributed by atoms with E-state index in [9.17, 15) is 19.1 Å². The molecule has 0 radical (unpaired) electrons. The molecule has 6 heteroatoms. The Bertz CT molecular complexity index is 588. The van der Waals surface area contributed by atoms with Gasteiger partial charge in [0.2, 0.25) is 5.91 Å². The van der Waals surface area contributed by atoms with E-state index in [2.05, 4.69) is 5.32 Å². The van der Waals surface area contributed by atoms with Crippen molar-refractivity contribution in [1.29, 1.82) is 0 Å². The van der Waals surface area contributed by atoms with E-state index in [1.807, 2.05) is 12.2 Å². The van der Waals surface area contributed by atoms with Crippen LogP contribution in [0.4, 0.5) is 4.39 Å². The molecule has 1 aliphatic carbocycles. The van der Waals surface area contributed by atoms with Gasteiger partial charge in [-0.15, -0.1) is 0 Å². The number of benzene rings is 1. The Kier molecular flexibility index (Phi) is 4.96. The number of carbonyl (C=O) groups excluding carboxylic acids is 1. The molecule has 2 unspecified atom stereocenters. The van der Waals surface area contributed by atoms with E-state index in [1.54, 1.807) is 0 Å². The smallest absolute Gasteiger partial charge is 0.330 e. The summed E-state index contributed by atoms with van der Waals surface area (Å²) in [6.07, 6.45) is 6.01. The maximum atomic E-state index is 13.4. The predicted octanol–water partition coefficient (Wildman–Crippen LogP) is 3.08. The van der Waals surface area contributed by atoms with Crippen LogP contribution in [0.2, 0.25) is 5.02 Å². The number of carbonyl (C=O) groups is 2. The zero-order valence-electron chi connectivity index (χ0n) is 11.2. The van der Waals surface area contributed by atoms with Crippen molar-refractivity contribution in [3.05, 3.63) is 46.8 Å². The Hall–Kier alpha value is -1.88. The summed E-state index contributed by atoms with van der Waals surface area (Å²) < 4.78 is 13.4. The second-order valence-corrected chi connectivity index (χ2v) is 5.39. The van der Waals surface area contributed by atoms with Gasteiger partial charge in [-0.2, -0.15) is 0 Å². The number of halogens is 2. The van der Waals surface area contributed by atoms with Crippen LogP contribution < -0.4 is 5.32 Å². The van der Waals surface area contributed by atoms with Crippen molar-refractivity contribution in [1.82, 2.24) is 5.32 Å². The number of amides is 1. The number of hydrogen-bond donors (Lipinski definition) is 2. The molecule has 4 nitrogen and oxygen atoms in total. The highest BCUT2D eigenvalue weighted by Gasteiger charge is 2.24. The number of hydrogen-bond acceptors (Lipinski definition) is 2. The molecule has 1 aliphatic rings. The Morgan fingerprint density at radius 3 is 2.81 bits per heavy atom. The van der Waals surface area contributed by atoms with Crippen LogP contribution in [0.25, 0.3) is 0 Å². The van der Waals surface area contributed by atoms with E-state index in [0.29, 0.717) is 0 Å². The summed E-state index contributed by atoms with van der Waals surface area (Å²) in [5, 5.41) is 11.5. The van der Waals surface area contributed by atoms with E-state index in [4.69, 9.17) is 11.6 Å². The van der Waals surface area contributed by atoms with Gasteiger partial charge in [-0.25, -0.2) is 9.18 Å². The van der Waals surface area contributed by atoms with Gasteiger partial charge in [0, 0.05) is 6.42 Å². The normalized spacial score (nSPS) is 18.5. The second kappa shape index (κ2) is 6.72. The molecule has 1 aromatic rings. The van der Waals surface area contributed by atoms with Crippen LogP contribution in [0.5, 0.6) is 0 Å². The molecule has 2 rings (SSSR count). The Balaban J connectivity index is 2.07. The lowest BCUT2D eigenvalue weighted by atomic mass is 10.0. The number of carboxylic acid groups (broad SMARTS) is 1. The quantitative estimate of drug-likeness (QED) is 0.821. The minimum atomic E-state index is -1.28. The third kappa shape index (κ3) is 4.04. The number of nitrogens with one attached hydrogen (secondary N) is 1. The summed E-state index contributed by atoms with van der Waals surface area (Å²) in [4.78, 5) is 23.2. The fraction of sp³-hybridized carbons (Fsp3) is 0.333. The topological polar surface area (TPSA) is 66.4 Å². The fourth-order valence-electron chi connectivity index (χ4n) is 2.30. The lowest BCUT2D eigenvalue weighted by molar-refractivity contribution is -0.142. The highest BCUT2D eigenvalue weighted by molar-refractivity contribution is 6.30. The SMILES string of the molecule is O=C(CC1C=CCC1)NC(C(=O)O)c1ccc(Cl)c(F)c1. The molecule has 0 aromatic heterocycles. The first kappa shape index (κ1) is 15.5. The Morgan fingerprint density at radius 2 is 2.24 bits per heavy atom. The third-order valence-electron chi connectivity index (χ3n) is 3.39. The Labute approximate surface area is 126 Å². The summed E-state index contributed by atoms with van der Waals surface area (Å²) in [5.41, 5.74) is 0.153. The van der Waals surface area contributed by atoms with Crippen LogP contribution in [0.1, 0.15) is 30.9 Å². The third-order valence-corrected chi connectivity index (χ3v) is 3.70. The van der Waals surface area contributed by atoms with Crippen molar-refractivity contribution in [2.45, 2.75) is 25.3 Å². The van der Waals surface area contributed by atoms with Crippen molar-refractivity contribution in [3.63, 3.8) is 0 Å². The molecule has 2 N–H and O–H groups in total.